The molecular formula is C9H11BrFN. The first kappa shape index (κ1) is 9.68. The Morgan fingerprint density at radius 2 is 2.17 bits per heavy atom. The quantitative estimate of drug-likeness (QED) is 0.826. The molecule has 0 bridgehead atoms. The Morgan fingerprint density at radius 3 is 2.75 bits per heavy atom. The summed E-state index contributed by atoms with van der Waals surface area (Å²) in [5.74, 6) is -0.148. The Bertz CT molecular complexity index is 286. The standard InChI is InChI=1S/C9H11BrFN/c1-6-7(5-12-2)9(11)4-3-8(6)10/h3-4,12H,5H2,1-2H3. The van der Waals surface area contributed by atoms with Gasteiger partial charge < -0.3 is 5.32 Å². The molecule has 0 unspecified atom stereocenters. The first-order valence-electron chi connectivity index (χ1n) is 3.75. The van der Waals surface area contributed by atoms with E-state index in [-0.39, 0.29) is 5.82 Å². The largest absolute Gasteiger partial charge is 0.316 e. The second-order valence-electron chi connectivity index (χ2n) is 2.66. The summed E-state index contributed by atoms with van der Waals surface area (Å²) in [7, 11) is 1.81. The molecule has 0 amide bonds. The van der Waals surface area contributed by atoms with Crippen molar-refractivity contribution in [3.8, 4) is 0 Å². The minimum atomic E-state index is -0.148. The van der Waals surface area contributed by atoms with E-state index < -0.39 is 0 Å². The van der Waals surface area contributed by atoms with Crippen LogP contribution in [0.15, 0.2) is 16.6 Å². The number of hydrogen-bond donors (Lipinski definition) is 1. The van der Waals surface area contributed by atoms with E-state index in [1.54, 1.807) is 13.1 Å². The molecule has 1 nitrogen and oxygen atoms in total. The van der Waals surface area contributed by atoms with E-state index in [0.29, 0.717) is 6.54 Å². The van der Waals surface area contributed by atoms with E-state index in [9.17, 15) is 4.39 Å². The van der Waals surface area contributed by atoms with Crippen molar-refractivity contribution in [2.45, 2.75) is 13.5 Å². The van der Waals surface area contributed by atoms with Crippen LogP contribution in [0.5, 0.6) is 0 Å². The number of rotatable bonds is 2. The van der Waals surface area contributed by atoms with Crippen molar-refractivity contribution in [2.24, 2.45) is 0 Å². The van der Waals surface area contributed by atoms with Crippen molar-refractivity contribution < 1.29 is 4.39 Å². The maximum absolute atomic E-state index is 13.2. The maximum atomic E-state index is 13.2. The number of nitrogens with one attached hydrogen (secondary N) is 1. The predicted molar refractivity (Wildman–Crippen MR) is 51.6 cm³/mol. The molecule has 0 fully saturated rings. The second-order valence-corrected chi connectivity index (χ2v) is 3.52. The summed E-state index contributed by atoms with van der Waals surface area (Å²) in [5, 5.41) is 2.93. The van der Waals surface area contributed by atoms with Gasteiger partial charge in [0, 0.05) is 16.6 Å². The molecule has 0 aliphatic carbocycles. The first-order chi connectivity index (χ1) is 5.66. The Morgan fingerprint density at radius 1 is 1.50 bits per heavy atom. The fourth-order valence-corrected chi connectivity index (χ4v) is 1.46. The van der Waals surface area contributed by atoms with Crippen molar-refractivity contribution in [3.05, 3.63) is 33.5 Å². The van der Waals surface area contributed by atoms with Crippen LogP contribution in [-0.4, -0.2) is 7.05 Å². The molecule has 0 heterocycles. The van der Waals surface area contributed by atoms with E-state index in [1.165, 1.54) is 6.07 Å². The Kier molecular flexibility index (Phi) is 3.23. The summed E-state index contributed by atoms with van der Waals surface area (Å²) >= 11 is 3.36. The molecule has 0 aromatic heterocycles. The van der Waals surface area contributed by atoms with Crippen LogP contribution >= 0.6 is 15.9 Å². The fourth-order valence-electron chi connectivity index (χ4n) is 1.09. The molecule has 3 heteroatoms. The van der Waals surface area contributed by atoms with Gasteiger partial charge in [0.05, 0.1) is 0 Å². The number of hydrogen-bond acceptors (Lipinski definition) is 1. The molecule has 0 spiro atoms. The average Bonchev–Trinajstić information content (AvgIpc) is 2.06. The highest BCUT2D eigenvalue weighted by Crippen LogP contribution is 2.21. The van der Waals surface area contributed by atoms with Gasteiger partial charge in [0.2, 0.25) is 0 Å². The fraction of sp³-hybridized carbons (Fsp3) is 0.333. The van der Waals surface area contributed by atoms with Gasteiger partial charge in [-0.2, -0.15) is 0 Å². The SMILES string of the molecule is CNCc1c(F)ccc(Br)c1C. The van der Waals surface area contributed by atoms with E-state index >= 15 is 0 Å². The van der Waals surface area contributed by atoms with Gasteiger partial charge in [0.25, 0.3) is 0 Å². The van der Waals surface area contributed by atoms with E-state index in [4.69, 9.17) is 0 Å². The maximum Gasteiger partial charge on any atom is 0.128 e. The van der Waals surface area contributed by atoms with Crippen molar-refractivity contribution in [2.75, 3.05) is 7.05 Å². The highest BCUT2D eigenvalue weighted by Gasteiger charge is 2.06. The van der Waals surface area contributed by atoms with Crippen LogP contribution in [0.1, 0.15) is 11.1 Å². The summed E-state index contributed by atoms with van der Waals surface area (Å²) in [6.07, 6.45) is 0. The molecule has 1 N–H and O–H groups in total. The van der Waals surface area contributed by atoms with Crippen LogP contribution in [-0.2, 0) is 6.54 Å². The van der Waals surface area contributed by atoms with Gasteiger partial charge in [-0.1, -0.05) is 15.9 Å². The van der Waals surface area contributed by atoms with E-state index in [0.717, 1.165) is 15.6 Å². The van der Waals surface area contributed by atoms with Crippen molar-refractivity contribution >= 4 is 15.9 Å². The molecule has 0 saturated heterocycles. The zero-order chi connectivity index (χ0) is 9.14. The summed E-state index contributed by atoms with van der Waals surface area (Å²) in [5.41, 5.74) is 1.69. The third-order valence-electron chi connectivity index (χ3n) is 1.83. The van der Waals surface area contributed by atoms with Crippen LogP contribution in [0, 0.1) is 12.7 Å². The summed E-state index contributed by atoms with van der Waals surface area (Å²) in [6, 6.07) is 3.20. The molecule has 0 radical (unpaired) electrons. The van der Waals surface area contributed by atoms with Gasteiger partial charge in [-0.25, -0.2) is 4.39 Å². The monoisotopic (exact) mass is 231 g/mol. The minimum absolute atomic E-state index is 0.148. The summed E-state index contributed by atoms with van der Waals surface area (Å²) in [6.45, 7) is 2.47. The van der Waals surface area contributed by atoms with Gasteiger partial charge in [-0.3, -0.25) is 0 Å². The molecule has 66 valence electrons. The van der Waals surface area contributed by atoms with Crippen molar-refractivity contribution in [1.29, 1.82) is 0 Å². The van der Waals surface area contributed by atoms with Gasteiger partial charge in [0.15, 0.2) is 0 Å². The lowest BCUT2D eigenvalue weighted by Crippen LogP contribution is -2.08. The molecule has 0 atom stereocenters. The normalized spacial score (nSPS) is 10.3. The van der Waals surface area contributed by atoms with Gasteiger partial charge >= 0.3 is 0 Å². The van der Waals surface area contributed by atoms with Crippen LogP contribution in [0.3, 0.4) is 0 Å². The van der Waals surface area contributed by atoms with Crippen LogP contribution < -0.4 is 5.32 Å². The lowest BCUT2D eigenvalue weighted by Gasteiger charge is -2.07. The van der Waals surface area contributed by atoms with Gasteiger partial charge in [0.1, 0.15) is 5.82 Å². The molecule has 12 heavy (non-hydrogen) atoms. The minimum Gasteiger partial charge on any atom is -0.316 e. The smallest absolute Gasteiger partial charge is 0.128 e. The van der Waals surface area contributed by atoms with Crippen molar-refractivity contribution in [3.63, 3.8) is 0 Å². The predicted octanol–water partition coefficient (Wildman–Crippen LogP) is 2.62. The van der Waals surface area contributed by atoms with E-state index in [2.05, 4.69) is 21.2 Å². The van der Waals surface area contributed by atoms with E-state index in [1.807, 2.05) is 6.92 Å². The third kappa shape index (κ3) is 1.84. The highest BCUT2D eigenvalue weighted by molar-refractivity contribution is 9.10. The second kappa shape index (κ2) is 4.01. The average molecular weight is 232 g/mol. The molecule has 1 aromatic rings. The number of benzene rings is 1. The summed E-state index contributed by atoms with van der Waals surface area (Å²) < 4.78 is 14.1. The Hall–Kier alpha value is -0.410. The molecular weight excluding hydrogens is 221 g/mol. The van der Waals surface area contributed by atoms with Crippen LogP contribution in [0.25, 0.3) is 0 Å². The number of halogens is 2. The van der Waals surface area contributed by atoms with Crippen LogP contribution in [0.4, 0.5) is 4.39 Å². The third-order valence-corrected chi connectivity index (χ3v) is 2.69. The zero-order valence-electron chi connectivity index (χ0n) is 7.12. The lowest BCUT2D eigenvalue weighted by atomic mass is 10.1. The Balaban J connectivity index is 3.14. The topological polar surface area (TPSA) is 12.0 Å². The molecule has 0 aliphatic rings. The molecule has 0 aliphatic heterocycles. The van der Waals surface area contributed by atoms with Crippen LogP contribution in [0.2, 0.25) is 0 Å². The molecule has 1 rings (SSSR count). The zero-order valence-corrected chi connectivity index (χ0v) is 8.70. The van der Waals surface area contributed by atoms with Gasteiger partial charge in [-0.15, -0.1) is 0 Å². The molecule has 1 aromatic carbocycles. The first-order valence-corrected chi connectivity index (χ1v) is 4.54. The summed E-state index contributed by atoms with van der Waals surface area (Å²) in [4.78, 5) is 0. The Labute approximate surface area is 80.1 Å². The van der Waals surface area contributed by atoms with Crippen molar-refractivity contribution in [1.82, 2.24) is 5.32 Å². The molecule has 0 saturated carbocycles. The van der Waals surface area contributed by atoms with Gasteiger partial charge in [-0.05, 0) is 31.7 Å². The lowest BCUT2D eigenvalue weighted by molar-refractivity contribution is 0.598. The highest BCUT2D eigenvalue weighted by atomic mass is 79.9.